The van der Waals surface area contributed by atoms with Crippen LogP contribution in [0.1, 0.15) is 27.7 Å². The molecule has 1 unspecified atom stereocenters. The smallest absolute Gasteiger partial charge is 0.305 e. The van der Waals surface area contributed by atoms with Crippen molar-refractivity contribution < 1.29 is 47.3 Å². The van der Waals surface area contributed by atoms with Crippen LogP contribution in [0.2, 0.25) is 0 Å². The second kappa shape index (κ2) is 8.57. The molecule has 0 aromatic carbocycles. The molecule has 5 atom stereocenters. The normalized spacial score (nSPS) is 29.3. The number of rotatable bonds is 5. The van der Waals surface area contributed by atoms with E-state index < -0.39 is 61.3 Å². The molecule has 0 saturated carbocycles. The minimum atomic E-state index is -1.52. The molecule has 0 aromatic rings. The summed E-state index contributed by atoms with van der Waals surface area (Å²) < 4.78 is 38.4. The van der Waals surface area contributed by atoms with Crippen LogP contribution in [0.15, 0.2) is 0 Å². The lowest BCUT2D eigenvalue weighted by molar-refractivity contribution is -0.297. The van der Waals surface area contributed by atoms with Crippen LogP contribution in [0.3, 0.4) is 0 Å². The molecule has 0 radical (unpaired) electrons. The Kier molecular flexibility index (Phi) is 7.08. The lowest BCUT2D eigenvalue weighted by Crippen LogP contribution is -2.62. The van der Waals surface area contributed by atoms with Gasteiger partial charge in [0.15, 0.2) is 12.2 Å². The number of halogens is 1. The van der Waals surface area contributed by atoms with E-state index >= 15 is 0 Å². The van der Waals surface area contributed by atoms with Crippen LogP contribution in [0.4, 0.5) is 4.39 Å². The third-order valence-electron chi connectivity index (χ3n) is 2.93. The van der Waals surface area contributed by atoms with Gasteiger partial charge in [-0.25, -0.2) is 4.39 Å². The second-order valence-corrected chi connectivity index (χ2v) is 5.03. The van der Waals surface area contributed by atoms with Crippen molar-refractivity contribution in [1.29, 1.82) is 0 Å². The second-order valence-electron chi connectivity index (χ2n) is 5.03. The van der Waals surface area contributed by atoms with Gasteiger partial charge in [0.05, 0.1) is 0 Å². The Morgan fingerprint density at radius 1 is 0.750 bits per heavy atom. The van der Waals surface area contributed by atoms with E-state index in [0.29, 0.717) is 0 Å². The first-order valence-corrected chi connectivity index (χ1v) is 7.06. The van der Waals surface area contributed by atoms with Gasteiger partial charge < -0.3 is 23.7 Å². The summed E-state index contributed by atoms with van der Waals surface area (Å²) in [5, 5.41) is 0. The Hall–Kier alpha value is -2.23. The van der Waals surface area contributed by atoms with E-state index in [1.165, 1.54) is 0 Å². The highest BCUT2D eigenvalue weighted by Crippen LogP contribution is 2.29. The minimum absolute atomic E-state index is 0.785. The SMILES string of the molecule is CC(=O)OC1O[C@H](CF)[C@@H](OC(C)=O)[C@H](OC(C)=O)[C@H]1OC(C)=O. The van der Waals surface area contributed by atoms with Crippen LogP contribution in [-0.2, 0) is 42.9 Å². The first-order chi connectivity index (χ1) is 11.1. The minimum Gasteiger partial charge on any atom is -0.456 e. The summed E-state index contributed by atoms with van der Waals surface area (Å²) in [6.45, 7) is 3.14. The number of ether oxygens (including phenoxy) is 5. The van der Waals surface area contributed by atoms with Crippen LogP contribution in [-0.4, -0.2) is 61.3 Å². The molecule has 0 aliphatic carbocycles. The van der Waals surface area contributed by atoms with Gasteiger partial charge in [-0.15, -0.1) is 0 Å². The summed E-state index contributed by atoms with van der Waals surface area (Å²) in [4.78, 5) is 45.1. The molecule has 0 amide bonds. The monoisotopic (exact) mass is 350 g/mol. The van der Waals surface area contributed by atoms with Gasteiger partial charge in [-0.3, -0.25) is 19.2 Å². The van der Waals surface area contributed by atoms with Gasteiger partial charge in [-0.1, -0.05) is 0 Å². The molecule has 0 N–H and O–H groups in total. The molecule has 1 heterocycles. The molecule has 1 saturated heterocycles. The molecule has 136 valence electrons. The van der Waals surface area contributed by atoms with Crippen LogP contribution in [0.25, 0.3) is 0 Å². The maximum absolute atomic E-state index is 13.3. The summed E-state index contributed by atoms with van der Waals surface area (Å²) in [6, 6.07) is 0. The van der Waals surface area contributed by atoms with E-state index in [1.807, 2.05) is 0 Å². The highest BCUT2D eigenvalue weighted by Gasteiger charge is 2.53. The summed E-state index contributed by atoms with van der Waals surface area (Å²) in [5.74, 6) is -3.16. The molecule has 9 nitrogen and oxygen atoms in total. The summed E-state index contributed by atoms with van der Waals surface area (Å²) in [7, 11) is 0. The van der Waals surface area contributed by atoms with Crippen LogP contribution < -0.4 is 0 Å². The molecule has 1 rings (SSSR count). The van der Waals surface area contributed by atoms with Crippen molar-refractivity contribution in [1.82, 2.24) is 0 Å². The zero-order valence-electron chi connectivity index (χ0n) is 13.6. The number of hydrogen-bond acceptors (Lipinski definition) is 9. The predicted octanol–water partition coefficient (Wildman–Crippen LogP) is 0.0390. The van der Waals surface area contributed by atoms with Gasteiger partial charge in [0.2, 0.25) is 12.4 Å². The molecule has 0 aromatic heterocycles. The Morgan fingerprint density at radius 3 is 1.58 bits per heavy atom. The van der Waals surface area contributed by atoms with Gasteiger partial charge >= 0.3 is 23.9 Å². The van der Waals surface area contributed by atoms with Crippen LogP contribution in [0, 0.1) is 0 Å². The topological polar surface area (TPSA) is 114 Å². The number of hydrogen-bond donors (Lipinski definition) is 0. The largest absolute Gasteiger partial charge is 0.456 e. The van der Waals surface area contributed by atoms with E-state index in [0.717, 1.165) is 27.7 Å². The van der Waals surface area contributed by atoms with E-state index in [9.17, 15) is 23.6 Å². The molecular weight excluding hydrogens is 331 g/mol. The summed E-state index contributed by atoms with van der Waals surface area (Å²) in [6.07, 6.45) is -7.12. The maximum atomic E-state index is 13.3. The van der Waals surface area contributed by atoms with E-state index in [1.54, 1.807) is 0 Å². The van der Waals surface area contributed by atoms with Gasteiger partial charge in [-0.05, 0) is 0 Å². The zero-order valence-corrected chi connectivity index (χ0v) is 13.6. The summed E-state index contributed by atoms with van der Waals surface area (Å²) >= 11 is 0. The van der Waals surface area contributed by atoms with E-state index in [-0.39, 0.29) is 0 Å². The fourth-order valence-corrected chi connectivity index (χ4v) is 2.24. The number of esters is 4. The fourth-order valence-electron chi connectivity index (χ4n) is 2.24. The molecule has 10 heteroatoms. The Balaban J connectivity index is 3.23. The van der Waals surface area contributed by atoms with Crippen LogP contribution in [0.5, 0.6) is 0 Å². The number of carbonyl (C=O) groups excluding carboxylic acids is 4. The first kappa shape index (κ1) is 19.8. The average Bonchev–Trinajstić information content (AvgIpc) is 2.42. The number of carbonyl (C=O) groups is 4. The molecule has 0 bridgehead atoms. The van der Waals surface area contributed by atoms with Crippen molar-refractivity contribution >= 4 is 23.9 Å². The van der Waals surface area contributed by atoms with Crippen molar-refractivity contribution in [3.8, 4) is 0 Å². The molecule has 1 aliphatic heterocycles. The van der Waals surface area contributed by atoms with Crippen molar-refractivity contribution in [2.75, 3.05) is 6.67 Å². The highest BCUT2D eigenvalue weighted by molar-refractivity contribution is 5.69. The van der Waals surface area contributed by atoms with Crippen molar-refractivity contribution in [3.05, 3.63) is 0 Å². The average molecular weight is 350 g/mol. The van der Waals surface area contributed by atoms with Gasteiger partial charge in [0, 0.05) is 27.7 Å². The maximum Gasteiger partial charge on any atom is 0.305 e. The standard InChI is InChI=1S/C14H19FO9/c1-6(16)20-11-10(5-15)24-14(23-9(4)19)13(22-8(3)18)12(11)21-7(2)17/h10-14H,5H2,1-4H3/t10-,11-,12+,13-,14?/m1/s1. The first-order valence-electron chi connectivity index (χ1n) is 7.06. The highest BCUT2D eigenvalue weighted by atomic mass is 19.1. The summed E-state index contributed by atoms with van der Waals surface area (Å²) in [5.41, 5.74) is 0. The van der Waals surface area contributed by atoms with Gasteiger partial charge in [0.25, 0.3) is 0 Å². The molecule has 1 aliphatic rings. The fraction of sp³-hybridized carbons (Fsp3) is 0.714. The van der Waals surface area contributed by atoms with Crippen molar-refractivity contribution in [3.63, 3.8) is 0 Å². The number of alkyl halides is 1. The third-order valence-corrected chi connectivity index (χ3v) is 2.93. The Bertz CT molecular complexity index is 506. The molecule has 0 spiro atoms. The van der Waals surface area contributed by atoms with Crippen LogP contribution >= 0.6 is 0 Å². The lowest BCUT2D eigenvalue weighted by Gasteiger charge is -2.43. The Morgan fingerprint density at radius 2 is 1.17 bits per heavy atom. The lowest BCUT2D eigenvalue weighted by atomic mass is 9.98. The molecule has 1 fully saturated rings. The Labute approximate surface area is 137 Å². The van der Waals surface area contributed by atoms with E-state index in [2.05, 4.69) is 0 Å². The third kappa shape index (κ3) is 5.44. The quantitative estimate of drug-likeness (QED) is 0.500. The van der Waals surface area contributed by atoms with Crippen molar-refractivity contribution in [2.45, 2.75) is 58.4 Å². The van der Waals surface area contributed by atoms with E-state index in [4.69, 9.17) is 23.7 Å². The predicted molar refractivity (Wildman–Crippen MR) is 73.1 cm³/mol. The molecule has 24 heavy (non-hydrogen) atoms. The van der Waals surface area contributed by atoms with Gasteiger partial charge in [-0.2, -0.15) is 0 Å². The zero-order chi connectivity index (χ0) is 18.4. The van der Waals surface area contributed by atoms with Gasteiger partial charge in [0.1, 0.15) is 12.8 Å². The molecular formula is C14H19FO9. The van der Waals surface area contributed by atoms with Crippen molar-refractivity contribution in [2.24, 2.45) is 0 Å².